The average molecular weight is 470 g/mol. The molecule has 1 unspecified atom stereocenters. The van der Waals surface area contributed by atoms with Crippen molar-refractivity contribution in [2.45, 2.75) is 13.0 Å². The molecular formula is C20H21Cl2N3O6. The molecular weight excluding hydrogens is 449 g/mol. The molecule has 0 aliphatic heterocycles. The normalized spacial score (nSPS) is 11.7. The second kappa shape index (κ2) is 10.8. The molecule has 2 rings (SSSR count). The van der Waals surface area contributed by atoms with Crippen LogP contribution in [0.5, 0.6) is 23.0 Å². The van der Waals surface area contributed by atoms with Gasteiger partial charge in [0.05, 0.1) is 39.1 Å². The second-order valence-electron chi connectivity index (χ2n) is 6.04. The van der Waals surface area contributed by atoms with E-state index in [1.807, 2.05) is 0 Å². The molecule has 0 heterocycles. The summed E-state index contributed by atoms with van der Waals surface area (Å²) in [6.45, 7) is 1.21. The molecule has 0 radical (unpaired) electrons. The maximum Gasteiger partial charge on any atom is 0.258 e. The van der Waals surface area contributed by atoms with Crippen molar-refractivity contribution in [3.05, 3.63) is 34.3 Å². The van der Waals surface area contributed by atoms with Gasteiger partial charge >= 0.3 is 0 Å². The van der Waals surface area contributed by atoms with Crippen LogP contribution in [-0.4, -0.2) is 46.2 Å². The summed E-state index contributed by atoms with van der Waals surface area (Å²) in [5.41, 5.74) is 0.319. The number of anilines is 1. The summed E-state index contributed by atoms with van der Waals surface area (Å²) in [6, 6.07) is 4.72. The molecule has 1 atom stereocenters. The fourth-order valence-electron chi connectivity index (χ4n) is 2.57. The summed E-state index contributed by atoms with van der Waals surface area (Å²) >= 11 is 12.4. The number of rotatable bonds is 9. The Labute approximate surface area is 189 Å². The fourth-order valence-corrected chi connectivity index (χ4v) is 3.12. The minimum absolute atomic E-state index is 0.115. The van der Waals surface area contributed by atoms with Crippen LogP contribution in [0.2, 0.25) is 10.0 Å². The second-order valence-corrected chi connectivity index (χ2v) is 6.83. The largest absolute Gasteiger partial charge is 0.497 e. The lowest BCUT2D eigenvalue weighted by molar-refractivity contribution is -0.126. The molecule has 0 saturated heterocycles. The predicted octanol–water partition coefficient (Wildman–Crippen LogP) is 4.71. The first-order valence-corrected chi connectivity index (χ1v) is 9.57. The highest BCUT2D eigenvalue weighted by Gasteiger charge is 2.26. The van der Waals surface area contributed by atoms with Crippen LogP contribution in [0.1, 0.15) is 6.92 Å². The number of azo groups is 1. The molecule has 2 aromatic rings. The van der Waals surface area contributed by atoms with Gasteiger partial charge in [0.25, 0.3) is 5.91 Å². The van der Waals surface area contributed by atoms with Crippen LogP contribution in [0.4, 0.5) is 11.4 Å². The SMILES string of the molecule is COc1cc(Cl)c(OC)c(NC(=O)C(N=Nc2c(OC)ccc(OC)c2Cl)C(C)=O)c1. The highest BCUT2D eigenvalue weighted by molar-refractivity contribution is 6.35. The lowest BCUT2D eigenvalue weighted by Gasteiger charge is -2.15. The summed E-state index contributed by atoms with van der Waals surface area (Å²) in [6.07, 6.45) is 0. The van der Waals surface area contributed by atoms with Crippen LogP contribution >= 0.6 is 23.2 Å². The predicted molar refractivity (Wildman–Crippen MR) is 117 cm³/mol. The van der Waals surface area contributed by atoms with E-state index in [-0.39, 0.29) is 27.2 Å². The zero-order chi connectivity index (χ0) is 23.1. The lowest BCUT2D eigenvalue weighted by Crippen LogP contribution is -2.32. The highest BCUT2D eigenvalue weighted by Crippen LogP contribution is 2.42. The number of hydrogen-bond acceptors (Lipinski definition) is 8. The van der Waals surface area contributed by atoms with Gasteiger partial charge in [-0.3, -0.25) is 9.59 Å². The molecule has 31 heavy (non-hydrogen) atoms. The highest BCUT2D eigenvalue weighted by atomic mass is 35.5. The molecule has 1 N–H and O–H groups in total. The Kier molecular flexibility index (Phi) is 8.47. The van der Waals surface area contributed by atoms with Crippen LogP contribution in [0, 0.1) is 0 Å². The van der Waals surface area contributed by atoms with E-state index in [0.717, 1.165) is 0 Å². The number of Topliss-reactive ketones (excluding diaryl/α,β-unsaturated/α-hetero) is 1. The van der Waals surface area contributed by atoms with E-state index < -0.39 is 17.7 Å². The van der Waals surface area contributed by atoms with Crippen LogP contribution in [0.3, 0.4) is 0 Å². The molecule has 0 aliphatic rings. The molecule has 0 spiro atoms. The van der Waals surface area contributed by atoms with Gasteiger partial charge < -0.3 is 24.3 Å². The maximum absolute atomic E-state index is 12.8. The zero-order valence-corrected chi connectivity index (χ0v) is 19.0. The first kappa shape index (κ1) is 24.2. The Morgan fingerprint density at radius 1 is 0.968 bits per heavy atom. The molecule has 166 valence electrons. The number of halogens is 2. The summed E-state index contributed by atoms with van der Waals surface area (Å²) in [5, 5.41) is 10.8. The first-order chi connectivity index (χ1) is 14.8. The zero-order valence-electron chi connectivity index (χ0n) is 17.5. The first-order valence-electron chi connectivity index (χ1n) is 8.81. The van der Waals surface area contributed by atoms with Crippen molar-refractivity contribution in [2.24, 2.45) is 10.2 Å². The van der Waals surface area contributed by atoms with Crippen LogP contribution in [0.25, 0.3) is 0 Å². The number of nitrogens with one attached hydrogen (secondary N) is 1. The Morgan fingerprint density at radius 3 is 2.16 bits per heavy atom. The maximum atomic E-state index is 12.8. The molecule has 0 saturated carbocycles. The van der Waals surface area contributed by atoms with Gasteiger partial charge in [-0.15, -0.1) is 5.11 Å². The number of hydrogen-bond donors (Lipinski definition) is 1. The van der Waals surface area contributed by atoms with Crippen molar-refractivity contribution in [1.82, 2.24) is 0 Å². The van der Waals surface area contributed by atoms with E-state index in [0.29, 0.717) is 17.2 Å². The van der Waals surface area contributed by atoms with E-state index in [1.54, 1.807) is 12.1 Å². The van der Waals surface area contributed by atoms with Crippen LogP contribution in [-0.2, 0) is 9.59 Å². The van der Waals surface area contributed by atoms with Gasteiger partial charge in [-0.1, -0.05) is 23.2 Å². The van der Waals surface area contributed by atoms with Crippen molar-refractivity contribution in [1.29, 1.82) is 0 Å². The smallest absolute Gasteiger partial charge is 0.258 e. The minimum Gasteiger partial charge on any atom is -0.497 e. The Bertz CT molecular complexity index is 1010. The standard InChI is InChI=1S/C20H21Cl2N3O6/c1-10(26)17(24-25-18-15(30-4)7-6-14(29-3)16(18)22)20(27)23-13-9-11(28-2)8-12(21)19(13)31-5/h6-9,17H,1-5H3,(H,23,27). The summed E-state index contributed by atoms with van der Waals surface area (Å²) < 4.78 is 20.7. The number of nitrogens with zero attached hydrogens (tertiary/aromatic N) is 2. The van der Waals surface area contributed by atoms with Gasteiger partial charge in [-0.2, -0.15) is 5.11 Å². The number of methoxy groups -OCH3 is 4. The van der Waals surface area contributed by atoms with Gasteiger partial charge in [0.1, 0.15) is 28.0 Å². The Morgan fingerprint density at radius 2 is 1.61 bits per heavy atom. The van der Waals surface area contributed by atoms with Gasteiger partial charge in [0, 0.05) is 12.1 Å². The lowest BCUT2D eigenvalue weighted by atomic mass is 10.2. The molecule has 0 aromatic heterocycles. The Hall–Kier alpha value is -3.04. The molecule has 2 aromatic carbocycles. The molecule has 11 heteroatoms. The number of amides is 1. The van der Waals surface area contributed by atoms with E-state index >= 15 is 0 Å². The van der Waals surface area contributed by atoms with Crippen LogP contribution in [0.15, 0.2) is 34.5 Å². The number of ether oxygens (including phenoxy) is 4. The van der Waals surface area contributed by atoms with Gasteiger partial charge in [-0.25, -0.2) is 0 Å². The molecule has 1 amide bonds. The van der Waals surface area contributed by atoms with E-state index in [9.17, 15) is 9.59 Å². The summed E-state index contributed by atoms with van der Waals surface area (Å²) in [4.78, 5) is 24.9. The summed E-state index contributed by atoms with van der Waals surface area (Å²) in [7, 11) is 5.70. The van der Waals surface area contributed by atoms with Crippen molar-refractivity contribution < 1.29 is 28.5 Å². The van der Waals surface area contributed by atoms with E-state index in [2.05, 4.69) is 15.5 Å². The average Bonchev–Trinajstić information content (AvgIpc) is 2.74. The Balaban J connectivity index is 2.40. The molecule has 0 bridgehead atoms. The van der Waals surface area contributed by atoms with Crippen molar-refractivity contribution >= 4 is 46.3 Å². The summed E-state index contributed by atoms with van der Waals surface area (Å²) in [5.74, 6) is -0.0962. The number of carbonyl (C=O) groups is 2. The quantitative estimate of drug-likeness (QED) is 0.420. The van der Waals surface area contributed by atoms with Crippen molar-refractivity contribution in [2.75, 3.05) is 33.8 Å². The van der Waals surface area contributed by atoms with Crippen molar-refractivity contribution in [3.8, 4) is 23.0 Å². The van der Waals surface area contributed by atoms with Crippen LogP contribution < -0.4 is 24.3 Å². The van der Waals surface area contributed by atoms with E-state index in [1.165, 1.54) is 47.5 Å². The molecule has 0 fully saturated rings. The van der Waals surface area contributed by atoms with Gasteiger partial charge in [-0.05, 0) is 19.1 Å². The molecule has 0 aliphatic carbocycles. The number of benzene rings is 2. The topological polar surface area (TPSA) is 108 Å². The van der Waals surface area contributed by atoms with Crippen molar-refractivity contribution in [3.63, 3.8) is 0 Å². The number of carbonyl (C=O) groups excluding carboxylic acids is 2. The monoisotopic (exact) mass is 469 g/mol. The van der Waals surface area contributed by atoms with Gasteiger partial charge in [0.15, 0.2) is 11.5 Å². The molecule has 9 nitrogen and oxygen atoms in total. The van der Waals surface area contributed by atoms with E-state index in [4.69, 9.17) is 42.1 Å². The number of ketones is 1. The fraction of sp³-hybridized carbons (Fsp3) is 0.300. The third-order valence-electron chi connectivity index (χ3n) is 4.10. The third kappa shape index (κ3) is 5.56. The minimum atomic E-state index is -1.47. The third-order valence-corrected chi connectivity index (χ3v) is 4.75. The van der Waals surface area contributed by atoms with Gasteiger partial charge in [0.2, 0.25) is 6.04 Å².